The highest BCUT2D eigenvalue weighted by Gasteiger charge is 2.17. The van der Waals surface area contributed by atoms with Crippen LogP contribution in [0.25, 0.3) is 11.3 Å². The molecule has 0 amide bonds. The lowest BCUT2D eigenvalue weighted by Crippen LogP contribution is -2.14. The van der Waals surface area contributed by atoms with Crippen LogP contribution in [0.4, 0.5) is 0 Å². The lowest BCUT2D eigenvalue weighted by Gasteiger charge is -2.09. The molecule has 1 aromatic heterocycles. The molecule has 3 rings (SSSR count). The summed E-state index contributed by atoms with van der Waals surface area (Å²) in [6.45, 7) is 1.07. The van der Waals surface area contributed by atoms with E-state index in [0.29, 0.717) is 6.04 Å². The van der Waals surface area contributed by atoms with E-state index in [9.17, 15) is 0 Å². The molecule has 1 saturated heterocycles. The number of methoxy groups -OCH3 is 1. The van der Waals surface area contributed by atoms with Crippen LogP contribution < -0.4 is 10.1 Å². The van der Waals surface area contributed by atoms with Gasteiger partial charge in [-0.15, -0.1) is 0 Å². The van der Waals surface area contributed by atoms with Crippen LogP contribution >= 0.6 is 0 Å². The molecule has 1 aromatic carbocycles. The largest absolute Gasteiger partial charge is 0.497 e. The molecular weight excluding hydrogens is 238 g/mol. The van der Waals surface area contributed by atoms with Gasteiger partial charge < -0.3 is 10.1 Å². The van der Waals surface area contributed by atoms with E-state index in [4.69, 9.17) is 4.74 Å². The molecule has 98 valence electrons. The Morgan fingerprint density at radius 2 is 2.21 bits per heavy atom. The molecule has 0 radical (unpaired) electrons. The zero-order valence-corrected chi connectivity index (χ0v) is 11.0. The standard InChI is InChI=1S/C15H17N3O/c1-19-12-5-2-4-11(8-12)14-9-18-15(10-17-14)13-6-3-7-16-13/h2,4-5,8-10,13,16H,3,6-7H2,1H3. The average Bonchev–Trinajstić information content (AvgIpc) is 3.02. The Kier molecular flexibility index (Phi) is 3.42. The normalized spacial score (nSPS) is 18.5. The molecule has 1 N–H and O–H groups in total. The molecule has 2 heterocycles. The second-order valence-corrected chi connectivity index (χ2v) is 4.71. The maximum Gasteiger partial charge on any atom is 0.119 e. The second-order valence-electron chi connectivity index (χ2n) is 4.71. The molecule has 19 heavy (non-hydrogen) atoms. The summed E-state index contributed by atoms with van der Waals surface area (Å²) in [4.78, 5) is 9.04. The Bertz CT molecular complexity index is 548. The van der Waals surface area contributed by atoms with E-state index in [-0.39, 0.29) is 0 Å². The van der Waals surface area contributed by atoms with Gasteiger partial charge in [-0.05, 0) is 31.5 Å². The highest BCUT2D eigenvalue weighted by Crippen LogP contribution is 2.24. The smallest absolute Gasteiger partial charge is 0.119 e. The van der Waals surface area contributed by atoms with Crippen LogP contribution in [0.15, 0.2) is 36.7 Å². The van der Waals surface area contributed by atoms with Crippen LogP contribution in [0.5, 0.6) is 5.75 Å². The number of ether oxygens (including phenoxy) is 1. The Labute approximate surface area is 112 Å². The fourth-order valence-electron chi connectivity index (χ4n) is 2.39. The molecule has 1 unspecified atom stereocenters. The summed E-state index contributed by atoms with van der Waals surface area (Å²) < 4.78 is 5.22. The van der Waals surface area contributed by atoms with Gasteiger partial charge in [0, 0.05) is 5.56 Å². The first-order chi connectivity index (χ1) is 9.36. The minimum absolute atomic E-state index is 0.367. The van der Waals surface area contributed by atoms with Gasteiger partial charge in [-0.25, -0.2) is 0 Å². The highest BCUT2D eigenvalue weighted by molar-refractivity contribution is 5.60. The molecule has 1 aliphatic heterocycles. The first kappa shape index (κ1) is 12.1. The van der Waals surface area contributed by atoms with Gasteiger partial charge in [-0.3, -0.25) is 9.97 Å². The molecular formula is C15H17N3O. The lowest BCUT2D eigenvalue weighted by molar-refractivity contribution is 0.415. The maximum absolute atomic E-state index is 5.22. The first-order valence-corrected chi connectivity index (χ1v) is 6.56. The molecule has 2 aromatic rings. The molecule has 1 atom stereocenters. The molecule has 0 spiro atoms. The Morgan fingerprint density at radius 3 is 2.89 bits per heavy atom. The molecule has 0 saturated carbocycles. The van der Waals surface area contributed by atoms with Gasteiger partial charge in [0.25, 0.3) is 0 Å². The van der Waals surface area contributed by atoms with Gasteiger partial charge in [0.2, 0.25) is 0 Å². The summed E-state index contributed by atoms with van der Waals surface area (Å²) in [6.07, 6.45) is 6.07. The number of nitrogens with zero attached hydrogens (tertiary/aromatic N) is 2. The average molecular weight is 255 g/mol. The lowest BCUT2D eigenvalue weighted by atomic mass is 10.1. The van der Waals surface area contributed by atoms with Crippen molar-refractivity contribution in [3.05, 3.63) is 42.4 Å². The van der Waals surface area contributed by atoms with Crippen molar-refractivity contribution >= 4 is 0 Å². The zero-order chi connectivity index (χ0) is 13.1. The summed E-state index contributed by atoms with van der Waals surface area (Å²) in [5.74, 6) is 0.834. The van der Waals surface area contributed by atoms with E-state index in [1.165, 1.54) is 6.42 Å². The Morgan fingerprint density at radius 1 is 1.26 bits per heavy atom. The number of benzene rings is 1. The number of rotatable bonds is 3. The maximum atomic E-state index is 5.22. The van der Waals surface area contributed by atoms with Crippen molar-refractivity contribution < 1.29 is 4.74 Å². The van der Waals surface area contributed by atoms with E-state index in [1.54, 1.807) is 7.11 Å². The molecule has 1 aliphatic rings. The topological polar surface area (TPSA) is 47.0 Å². The first-order valence-electron chi connectivity index (χ1n) is 6.56. The molecule has 0 aliphatic carbocycles. The van der Waals surface area contributed by atoms with Gasteiger partial charge in [0.05, 0.1) is 36.9 Å². The van der Waals surface area contributed by atoms with Crippen LogP contribution in [0.1, 0.15) is 24.6 Å². The quantitative estimate of drug-likeness (QED) is 0.915. The third kappa shape index (κ3) is 2.58. The fraction of sp³-hybridized carbons (Fsp3) is 0.333. The van der Waals surface area contributed by atoms with Gasteiger partial charge in [-0.2, -0.15) is 0 Å². The summed E-state index contributed by atoms with van der Waals surface area (Å²) in [5, 5.41) is 3.43. The predicted molar refractivity (Wildman–Crippen MR) is 74.0 cm³/mol. The Balaban J connectivity index is 1.84. The monoisotopic (exact) mass is 255 g/mol. The van der Waals surface area contributed by atoms with E-state index >= 15 is 0 Å². The van der Waals surface area contributed by atoms with Crippen molar-refractivity contribution in [2.75, 3.05) is 13.7 Å². The molecule has 4 heteroatoms. The van der Waals surface area contributed by atoms with Crippen molar-refractivity contribution in [1.82, 2.24) is 15.3 Å². The Hall–Kier alpha value is -1.94. The number of aromatic nitrogens is 2. The van der Waals surface area contributed by atoms with E-state index in [1.807, 2.05) is 36.7 Å². The van der Waals surface area contributed by atoms with Crippen LogP contribution in [0.3, 0.4) is 0 Å². The van der Waals surface area contributed by atoms with Crippen molar-refractivity contribution in [3.63, 3.8) is 0 Å². The third-order valence-electron chi connectivity index (χ3n) is 3.45. The van der Waals surface area contributed by atoms with E-state index < -0.39 is 0 Å². The van der Waals surface area contributed by atoms with Crippen LogP contribution in [-0.2, 0) is 0 Å². The summed E-state index contributed by atoms with van der Waals surface area (Å²) in [6, 6.07) is 8.24. The van der Waals surface area contributed by atoms with Crippen LogP contribution in [0.2, 0.25) is 0 Å². The summed E-state index contributed by atoms with van der Waals surface area (Å²) >= 11 is 0. The second kappa shape index (κ2) is 5.36. The van der Waals surface area contributed by atoms with Crippen molar-refractivity contribution in [2.45, 2.75) is 18.9 Å². The van der Waals surface area contributed by atoms with Crippen LogP contribution in [0, 0.1) is 0 Å². The number of hydrogen-bond donors (Lipinski definition) is 1. The number of hydrogen-bond acceptors (Lipinski definition) is 4. The third-order valence-corrected chi connectivity index (χ3v) is 3.45. The number of nitrogens with one attached hydrogen (secondary N) is 1. The minimum atomic E-state index is 0.367. The highest BCUT2D eigenvalue weighted by atomic mass is 16.5. The SMILES string of the molecule is COc1cccc(-c2cnc(C3CCCN3)cn2)c1. The van der Waals surface area contributed by atoms with E-state index in [2.05, 4.69) is 15.3 Å². The van der Waals surface area contributed by atoms with Crippen molar-refractivity contribution in [1.29, 1.82) is 0 Å². The van der Waals surface area contributed by atoms with Crippen molar-refractivity contribution in [3.8, 4) is 17.0 Å². The molecule has 0 bridgehead atoms. The minimum Gasteiger partial charge on any atom is -0.497 e. The summed E-state index contributed by atoms with van der Waals surface area (Å²) in [7, 11) is 1.67. The van der Waals surface area contributed by atoms with Gasteiger partial charge in [0.1, 0.15) is 5.75 Å². The van der Waals surface area contributed by atoms with Crippen molar-refractivity contribution in [2.24, 2.45) is 0 Å². The zero-order valence-electron chi connectivity index (χ0n) is 11.0. The molecule has 4 nitrogen and oxygen atoms in total. The van der Waals surface area contributed by atoms with Gasteiger partial charge >= 0.3 is 0 Å². The van der Waals surface area contributed by atoms with E-state index in [0.717, 1.165) is 35.7 Å². The fourth-order valence-corrected chi connectivity index (χ4v) is 2.39. The van der Waals surface area contributed by atoms with Gasteiger partial charge in [-0.1, -0.05) is 12.1 Å². The summed E-state index contributed by atoms with van der Waals surface area (Å²) in [5.41, 5.74) is 2.93. The predicted octanol–water partition coefficient (Wildman–Crippen LogP) is 2.58. The molecule has 1 fully saturated rings. The van der Waals surface area contributed by atoms with Gasteiger partial charge in [0.15, 0.2) is 0 Å². The van der Waals surface area contributed by atoms with Crippen LogP contribution in [-0.4, -0.2) is 23.6 Å².